The van der Waals surface area contributed by atoms with Crippen molar-refractivity contribution in [3.05, 3.63) is 35.3 Å². The van der Waals surface area contributed by atoms with E-state index in [0.29, 0.717) is 19.6 Å². The Morgan fingerprint density at radius 1 is 1.37 bits per heavy atom. The topological polar surface area (TPSA) is 97.8 Å². The smallest absolute Gasteiger partial charge is 0.305 e. The molecule has 1 saturated heterocycles. The van der Waals surface area contributed by atoms with Crippen molar-refractivity contribution in [2.75, 3.05) is 19.8 Å². The Balaban J connectivity index is 1.69. The average molecular weight is 390 g/mol. The average Bonchev–Trinajstić information content (AvgIpc) is 3.30. The van der Waals surface area contributed by atoms with Crippen LogP contribution in [0.3, 0.4) is 0 Å². The third-order valence-corrected chi connectivity index (χ3v) is 5.17. The molecule has 7 nitrogen and oxygen atoms in total. The van der Waals surface area contributed by atoms with Crippen LogP contribution < -0.4 is 10.1 Å². The summed E-state index contributed by atoms with van der Waals surface area (Å²) < 4.78 is 10.9. The number of aromatic nitrogens is 1. The number of carboxylic acids is 1. The molecule has 1 fully saturated rings. The number of carbonyl (C=O) groups excluding carboxylic acids is 1. The second-order valence-corrected chi connectivity index (χ2v) is 7.38. The van der Waals surface area contributed by atoms with Crippen molar-refractivity contribution in [2.24, 2.45) is 0 Å². The van der Waals surface area contributed by atoms with E-state index in [0.717, 1.165) is 22.7 Å². The van der Waals surface area contributed by atoms with Gasteiger partial charge in [0.1, 0.15) is 16.5 Å². The first kappa shape index (κ1) is 19.3. The van der Waals surface area contributed by atoms with Crippen LogP contribution in [0.5, 0.6) is 5.75 Å². The Morgan fingerprint density at radius 2 is 2.15 bits per heavy atom. The molecule has 2 aromatic rings. The van der Waals surface area contributed by atoms with E-state index in [4.69, 9.17) is 14.6 Å². The van der Waals surface area contributed by atoms with Crippen LogP contribution >= 0.6 is 11.3 Å². The minimum absolute atomic E-state index is 0.172. The van der Waals surface area contributed by atoms with Crippen LogP contribution in [0.4, 0.5) is 0 Å². The van der Waals surface area contributed by atoms with E-state index in [1.54, 1.807) is 5.38 Å². The van der Waals surface area contributed by atoms with Crippen LogP contribution in [0.1, 0.15) is 36.7 Å². The number of benzene rings is 1. The number of carboxylic acid groups (broad SMARTS) is 1. The standard InChI is InChI=1S/C19H22N2O5S/c1-2-8-26-14-5-3-13(4-6-14)18-20-15(11-27-18)17(24)21-19(10-16(22)23)7-9-25-12-19/h3-6,11H,2,7-10,12H2,1H3,(H,21,24)(H,22,23). The highest BCUT2D eigenvalue weighted by Gasteiger charge is 2.39. The summed E-state index contributed by atoms with van der Waals surface area (Å²) in [5, 5.41) is 14.3. The van der Waals surface area contributed by atoms with Gasteiger partial charge in [-0.2, -0.15) is 0 Å². The molecular weight excluding hydrogens is 368 g/mol. The zero-order chi connectivity index (χ0) is 19.3. The van der Waals surface area contributed by atoms with Crippen LogP contribution in [0.2, 0.25) is 0 Å². The molecule has 0 radical (unpaired) electrons. The zero-order valence-corrected chi connectivity index (χ0v) is 15.9. The van der Waals surface area contributed by atoms with Gasteiger partial charge >= 0.3 is 5.97 Å². The van der Waals surface area contributed by atoms with Gasteiger partial charge in [-0.15, -0.1) is 11.3 Å². The van der Waals surface area contributed by atoms with E-state index in [-0.39, 0.29) is 24.6 Å². The molecule has 1 amide bonds. The molecule has 2 heterocycles. The number of ether oxygens (including phenoxy) is 2. The molecule has 1 aromatic carbocycles. The van der Waals surface area contributed by atoms with E-state index in [9.17, 15) is 9.59 Å². The van der Waals surface area contributed by atoms with Crippen molar-refractivity contribution < 1.29 is 24.2 Å². The number of hydrogen-bond donors (Lipinski definition) is 2. The SMILES string of the molecule is CCCOc1ccc(-c2nc(C(=O)NC3(CC(=O)O)CCOC3)cs2)cc1. The van der Waals surface area contributed by atoms with Gasteiger partial charge in [0, 0.05) is 17.6 Å². The number of carbonyl (C=O) groups is 2. The lowest BCUT2D eigenvalue weighted by molar-refractivity contribution is -0.138. The van der Waals surface area contributed by atoms with Gasteiger partial charge in [-0.1, -0.05) is 6.92 Å². The molecule has 0 bridgehead atoms. The summed E-state index contributed by atoms with van der Waals surface area (Å²) >= 11 is 1.37. The van der Waals surface area contributed by atoms with E-state index in [2.05, 4.69) is 17.2 Å². The minimum atomic E-state index is -0.967. The molecule has 0 spiro atoms. The van der Waals surface area contributed by atoms with Crippen molar-refractivity contribution >= 4 is 23.2 Å². The fourth-order valence-corrected chi connectivity index (χ4v) is 3.71. The van der Waals surface area contributed by atoms with Gasteiger partial charge in [-0.05, 0) is 37.1 Å². The first-order chi connectivity index (χ1) is 13.0. The first-order valence-corrected chi connectivity index (χ1v) is 9.70. The maximum atomic E-state index is 12.6. The molecule has 27 heavy (non-hydrogen) atoms. The maximum absolute atomic E-state index is 12.6. The fraction of sp³-hybridized carbons (Fsp3) is 0.421. The number of hydrogen-bond acceptors (Lipinski definition) is 6. The maximum Gasteiger partial charge on any atom is 0.305 e. The van der Waals surface area contributed by atoms with Crippen molar-refractivity contribution in [1.29, 1.82) is 0 Å². The summed E-state index contributed by atoms with van der Waals surface area (Å²) in [5.74, 6) is -0.552. The quantitative estimate of drug-likeness (QED) is 0.719. The largest absolute Gasteiger partial charge is 0.494 e. The predicted molar refractivity (Wildman–Crippen MR) is 101 cm³/mol. The van der Waals surface area contributed by atoms with Gasteiger partial charge < -0.3 is 19.9 Å². The second-order valence-electron chi connectivity index (χ2n) is 6.52. The van der Waals surface area contributed by atoms with Gasteiger partial charge in [0.25, 0.3) is 5.91 Å². The van der Waals surface area contributed by atoms with Crippen LogP contribution in [-0.4, -0.2) is 47.3 Å². The molecule has 1 atom stereocenters. The van der Waals surface area contributed by atoms with Crippen LogP contribution in [0.25, 0.3) is 10.6 Å². The molecule has 2 N–H and O–H groups in total. The number of rotatable bonds is 8. The number of amides is 1. The normalized spacial score (nSPS) is 19.0. The molecule has 1 aliphatic rings. The fourth-order valence-electron chi connectivity index (χ4n) is 2.91. The van der Waals surface area contributed by atoms with E-state index < -0.39 is 11.5 Å². The summed E-state index contributed by atoms with van der Waals surface area (Å²) in [5.41, 5.74) is 0.302. The van der Waals surface area contributed by atoms with Crippen LogP contribution in [-0.2, 0) is 9.53 Å². The van der Waals surface area contributed by atoms with E-state index in [1.807, 2.05) is 24.3 Å². The van der Waals surface area contributed by atoms with Gasteiger partial charge in [-0.3, -0.25) is 9.59 Å². The Hall–Kier alpha value is -2.45. The lowest BCUT2D eigenvalue weighted by atomic mass is 9.94. The molecule has 1 aromatic heterocycles. The molecule has 144 valence electrons. The summed E-state index contributed by atoms with van der Waals surface area (Å²) in [6.07, 6.45) is 1.25. The number of nitrogens with one attached hydrogen (secondary N) is 1. The Bertz CT molecular complexity index is 797. The Labute approximate surface area is 161 Å². The zero-order valence-electron chi connectivity index (χ0n) is 15.1. The predicted octanol–water partition coefficient (Wildman–Crippen LogP) is 2.96. The third kappa shape index (κ3) is 4.84. The highest BCUT2D eigenvalue weighted by Crippen LogP contribution is 2.27. The Morgan fingerprint density at radius 3 is 2.78 bits per heavy atom. The lowest BCUT2D eigenvalue weighted by Gasteiger charge is -2.26. The van der Waals surface area contributed by atoms with Crippen LogP contribution in [0, 0.1) is 0 Å². The second kappa shape index (κ2) is 8.49. The van der Waals surface area contributed by atoms with Gasteiger partial charge in [0.05, 0.1) is 25.2 Å². The summed E-state index contributed by atoms with van der Waals surface area (Å²) in [7, 11) is 0. The van der Waals surface area contributed by atoms with Crippen LogP contribution in [0.15, 0.2) is 29.6 Å². The van der Waals surface area contributed by atoms with Crippen molar-refractivity contribution in [1.82, 2.24) is 10.3 Å². The summed E-state index contributed by atoms with van der Waals surface area (Å²) in [4.78, 5) is 28.1. The monoisotopic (exact) mass is 390 g/mol. The first-order valence-electron chi connectivity index (χ1n) is 8.82. The molecule has 1 unspecified atom stereocenters. The lowest BCUT2D eigenvalue weighted by Crippen LogP contribution is -2.50. The number of nitrogens with zero attached hydrogens (tertiary/aromatic N) is 1. The molecule has 0 saturated carbocycles. The number of aliphatic carboxylic acids is 1. The molecular formula is C19H22N2O5S. The van der Waals surface area contributed by atoms with Crippen molar-refractivity contribution in [2.45, 2.75) is 31.7 Å². The highest BCUT2D eigenvalue weighted by atomic mass is 32.1. The van der Waals surface area contributed by atoms with Gasteiger partial charge in [0.15, 0.2) is 0 Å². The number of thiazole rings is 1. The highest BCUT2D eigenvalue weighted by molar-refractivity contribution is 7.13. The molecule has 3 rings (SSSR count). The van der Waals surface area contributed by atoms with Crippen molar-refractivity contribution in [3.8, 4) is 16.3 Å². The van der Waals surface area contributed by atoms with Gasteiger partial charge in [-0.25, -0.2) is 4.98 Å². The van der Waals surface area contributed by atoms with E-state index in [1.165, 1.54) is 11.3 Å². The minimum Gasteiger partial charge on any atom is -0.494 e. The molecule has 1 aliphatic heterocycles. The third-order valence-electron chi connectivity index (χ3n) is 4.28. The Kier molecular flexibility index (Phi) is 6.08. The molecule has 0 aliphatic carbocycles. The summed E-state index contributed by atoms with van der Waals surface area (Å²) in [6.45, 7) is 3.35. The summed E-state index contributed by atoms with van der Waals surface area (Å²) in [6, 6.07) is 7.57. The van der Waals surface area contributed by atoms with Gasteiger partial charge in [0.2, 0.25) is 0 Å². The molecule has 8 heteroatoms. The van der Waals surface area contributed by atoms with Crippen molar-refractivity contribution in [3.63, 3.8) is 0 Å². The van der Waals surface area contributed by atoms with E-state index >= 15 is 0 Å².